The molecule has 0 amide bonds. The summed E-state index contributed by atoms with van der Waals surface area (Å²) in [4.78, 5) is 0. The summed E-state index contributed by atoms with van der Waals surface area (Å²) in [5.41, 5.74) is 7.40. The monoisotopic (exact) mass is 244 g/mol. The normalized spacial score (nSPS) is 12.5. The van der Waals surface area contributed by atoms with E-state index in [1.165, 1.54) is 0 Å². The molecule has 0 heterocycles. The molecule has 0 aliphatic rings. The zero-order valence-corrected chi connectivity index (χ0v) is 10.7. The third kappa shape index (κ3) is 3.84. The summed E-state index contributed by atoms with van der Waals surface area (Å²) >= 11 is 7.78. The largest absolute Gasteiger partial charge is 0.396 e. The van der Waals surface area contributed by atoms with Crippen molar-refractivity contribution in [3.63, 3.8) is 0 Å². The molecule has 1 aromatic rings. The van der Waals surface area contributed by atoms with Gasteiger partial charge in [0.05, 0.1) is 16.4 Å². The second kappa shape index (κ2) is 6.13. The van der Waals surface area contributed by atoms with Gasteiger partial charge in [-0.2, -0.15) is 11.8 Å². The molecular formula is C11H17ClN2S. The molecule has 0 saturated heterocycles. The van der Waals surface area contributed by atoms with Crippen LogP contribution in [0.15, 0.2) is 18.2 Å². The number of nitrogens with two attached hydrogens (primary N) is 1. The fourth-order valence-corrected chi connectivity index (χ4v) is 2.18. The van der Waals surface area contributed by atoms with Gasteiger partial charge in [0.1, 0.15) is 0 Å². The van der Waals surface area contributed by atoms with Gasteiger partial charge in [-0.1, -0.05) is 24.6 Å². The highest BCUT2D eigenvalue weighted by atomic mass is 35.5. The fourth-order valence-electron chi connectivity index (χ4n) is 1.32. The Morgan fingerprint density at radius 3 is 2.93 bits per heavy atom. The predicted octanol–water partition coefficient (Wildman–Crippen LogP) is 3.33. The van der Waals surface area contributed by atoms with E-state index in [-0.39, 0.29) is 0 Å². The van der Waals surface area contributed by atoms with E-state index >= 15 is 0 Å². The Labute approximate surface area is 101 Å². The molecule has 3 N–H and O–H groups in total. The number of rotatable bonds is 5. The van der Waals surface area contributed by atoms with Crippen molar-refractivity contribution in [2.45, 2.75) is 6.92 Å². The summed E-state index contributed by atoms with van der Waals surface area (Å²) in [5.74, 6) is 1.77. The van der Waals surface area contributed by atoms with Gasteiger partial charge in [0.2, 0.25) is 0 Å². The van der Waals surface area contributed by atoms with E-state index in [1.807, 2.05) is 23.9 Å². The van der Waals surface area contributed by atoms with Crippen molar-refractivity contribution in [1.82, 2.24) is 0 Å². The fraction of sp³-hybridized carbons (Fsp3) is 0.455. The van der Waals surface area contributed by atoms with Crippen molar-refractivity contribution in [3.8, 4) is 0 Å². The predicted molar refractivity (Wildman–Crippen MR) is 71.9 cm³/mol. The maximum Gasteiger partial charge on any atom is 0.0739 e. The second-order valence-corrected chi connectivity index (χ2v) is 4.96. The quantitative estimate of drug-likeness (QED) is 0.781. The smallest absolute Gasteiger partial charge is 0.0739 e. The average Bonchev–Trinajstić information content (AvgIpc) is 2.21. The summed E-state index contributed by atoms with van der Waals surface area (Å²) in [6.07, 6.45) is 2.12. The molecule has 0 bridgehead atoms. The molecule has 1 aromatic carbocycles. The molecule has 0 aliphatic carbocycles. The lowest BCUT2D eigenvalue weighted by Crippen LogP contribution is -2.14. The van der Waals surface area contributed by atoms with Crippen LogP contribution in [-0.2, 0) is 0 Å². The Bertz CT molecular complexity index is 317. The summed E-state index contributed by atoms with van der Waals surface area (Å²) < 4.78 is 0. The number of anilines is 2. The van der Waals surface area contributed by atoms with Gasteiger partial charge in [-0.15, -0.1) is 0 Å². The Kier molecular flexibility index (Phi) is 5.12. The topological polar surface area (TPSA) is 38.0 Å². The van der Waals surface area contributed by atoms with Gasteiger partial charge in [0, 0.05) is 6.54 Å². The third-order valence-corrected chi connectivity index (χ3v) is 3.38. The van der Waals surface area contributed by atoms with Crippen LogP contribution < -0.4 is 11.1 Å². The molecule has 1 rings (SSSR count). The highest BCUT2D eigenvalue weighted by molar-refractivity contribution is 7.98. The molecule has 1 atom stereocenters. The number of hydrogen-bond acceptors (Lipinski definition) is 3. The SMILES string of the molecule is CSCC(C)CNc1cccc(Cl)c1N. The number of nitrogen functional groups attached to an aromatic ring is 1. The van der Waals surface area contributed by atoms with Gasteiger partial charge < -0.3 is 11.1 Å². The van der Waals surface area contributed by atoms with E-state index in [4.69, 9.17) is 17.3 Å². The van der Waals surface area contributed by atoms with Crippen molar-refractivity contribution in [1.29, 1.82) is 0 Å². The lowest BCUT2D eigenvalue weighted by molar-refractivity contribution is 0.702. The van der Waals surface area contributed by atoms with Crippen LogP contribution in [0.3, 0.4) is 0 Å². The number of benzene rings is 1. The first-order valence-corrected chi connectivity index (χ1v) is 6.69. The first-order chi connectivity index (χ1) is 7.15. The Hall–Kier alpha value is -0.540. The second-order valence-electron chi connectivity index (χ2n) is 3.64. The van der Waals surface area contributed by atoms with E-state index in [0.717, 1.165) is 18.0 Å². The summed E-state index contributed by atoms with van der Waals surface area (Å²) in [5, 5.41) is 3.92. The Morgan fingerprint density at radius 1 is 1.53 bits per heavy atom. The van der Waals surface area contributed by atoms with Crippen LogP contribution in [0.4, 0.5) is 11.4 Å². The van der Waals surface area contributed by atoms with E-state index in [1.54, 1.807) is 6.07 Å². The van der Waals surface area contributed by atoms with Crippen LogP contribution >= 0.6 is 23.4 Å². The summed E-state index contributed by atoms with van der Waals surface area (Å²) in [6.45, 7) is 3.13. The van der Waals surface area contributed by atoms with Crippen molar-refractivity contribution in [3.05, 3.63) is 23.2 Å². The van der Waals surface area contributed by atoms with Gasteiger partial charge in [0.15, 0.2) is 0 Å². The summed E-state index contributed by atoms with van der Waals surface area (Å²) in [7, 11) is 0. The minimum absolute atomic E-state index is 0.609. The number of thioether (sulfide) groups is 1. The van der Waals surface area contributed by atoms with Crippen LogP contribution in [0.5, 0.6) is 0 Å². The number of hydrogen-bond donors (Lipinski definition) is 2. The maximum atomic E-state index is 5.92. The molecule has 0 fully saturated rings. The van der Waals surface area contributed by atoms with Gasteiger partial charge in [-0.3, -0.25) is 0 Å². The zero-order valence-electron chi connectivity index (χ0n) is 9.09. The molecule has 15 heavy (non-hydrogen) atoms. The molecule has 0 aliphatic heterocycles. The van der Waals surface area contributed by atoms with Crippen molar-refractivity contribution < 1.29 is 0 Å². The summed E-state index contributed by atoms with van der Waals surface area (Å²) in [6, 6.07) is 5.65. The lowest BCUT2D eigenvalue weighted by Gasteiger charge is -2.14. The van der Waals surface area contributed by atoms with E-state index in [0.29, 0.717) is 16.6 Å². The molecular weight excluding hydrogens is 228 g/mol. The highest BCUT2D eigenvalue weighted by Crippen LogP contribution is 2.26. The first-order valence-electron chi connectivity index (χ1n) is 4.92. The third-order valence-electron chi connectivity index (χ3n) is 2.15. The van der Waals surface area contributed by atoms with E-state index in [9.17, 15) is 0 Å². The minimum atomic E-state index is 0.609. The van der Waals surface area contributed by atoms with Crippen molar-refractivity contribution >= 4 is 34.7 Å². The molecule has 2 nitrogen and oxygen atoms in total. The molecule has 4 heteroatoms. The van der Waals surface area contributed by atoms with Crippen LogP contribution in [0.1, 0.15) is 6.92 Å². The lowest BCUT2D eigenvalue weighted by atomic mass is 10.2. The molecule has 0 saturated carbocycles. The Balaban J connectivity index is 2.54. The standard InChI is InChI=1S/C11H17ClN2S/c1-8(7-15-2)6-14-10-5-3-4-9(12)11(10)13/h3-5,8,14H,6-7,13H2,1-2H3. The molecule has 0 spiro atoms. The Morgan fingerprint density at radius 2 is 2.27 bits per heavy atom. The van der Waals surface area contributed by atoms with Crippen molar-refractivity contribution in [2.24, 2.45) is 5.92 Å². The molecule has 0 radical (unpaired) electrons. The van der Waals surface area contributed by atoms with Gasteiger partial charge in [0.25, 0.3) is 0 Å². The molecule has 0 aromatic heterocycles. The van der Waals surface area contributed by atoms with Crippen molar-refractivity contribution in [2.75, 3.05) is 29.6 Å². The first kappa shape index (κ1) is 12.5. The number of para-hydroxylation sites is 1. The zero-order chi connectivity index (χ0) is 11.3. The number of halogens is 1. The van der Waals surface area contributed by atoms with E-state index in [2.05, 4.69) is 18.5 Å². The van der Waals surface area contributed by atoms with Crippen LogP contribution in [-0.4, -0.2) is 18.6 Å². The molecule has 84 valence electrons. The number of nitrogens with one attached hydrogen (secondary N) is 1. The van der Waals surface area contributed by atoms with Crippen LogP contribution in [0, 0.1) is 5.92 Å². The highest BCUT2D eigenvalue weighted by Gasteiger charge is 2.04. The van der Waals surface area contributed by atoms with Crippen LogP contribution in [0.25, 0.3) is 0 Å². The van der Waals surface area contributed by atoms with Gasteiger partial charge >= 0.3 is 0 Å². The molecule has 1 unspecified atom stereocenters. The van der Waals surface area contributed by atoms with Gasteiger partial charge in [-0.05, 0) is 30.1 Å². The minimum Gasteiger partial charge on any atom is -0.396 e. The maximum absolute atomic E-state index is 5.92. The average molecular weight is 245 g/mol. The van der Waals surface area contributed by atoms with Crippen LogP contribution in [0.2, 0.25) is 5.02 Å². The van der Waals surface area contributed by atoms with Gasteiger partial charge in [-0.25, -0.2) is 0 Å². The van der Waals surface area contributed by atoms with E-state index < -0.39 is 0 Å².